The Balaban J connectivity index is 1.94. The summed E-state index contributed by atoms with van der Waals surface area (Å²) in [6, 6.07) is 19.6. The van der Waals surface area contributed by atoms with Crippen molar-refractivity contribution in [1.82, 2.24) is 0 Å². The maximum atomic E-state index is 12.8. The Morgan fingerprint density at radius 2 is 1.62 bits per heavy atom. The van der Waals surface area contributed by atoms with E-state index >= 15 is 0 Å². The largest absolute Gasteiger partial charge is 0.324 e. The van der Waals surface area contributed by atoms with E-state index in [9.17, 15) is 4.57 Å². The minimum Gasteiger partial charge on any atom is -0.324 e. The van der Waals surface area contributed by atoms with Crippen LogP contribution in [0.25, 0.3) is 0 Å². The molecule has 0 aromatic heterocycles. The molecule has 1 heterocycles. The van der Waals surface area contributed by atoms with Gasteiger partial charge in [0.15, 0.2) is 0 Å². The normalized spacial score (nSPS) is 37.2. The number of rotatable bonds is 1. The van der Waals surface area contributed by atoms with E-state index < -0.39 is 7.14 Å². The van der Waals surface area contributed by atoms with Crippen molar-refractivity contribution in [2.24, 2.45) is 5.41 Å². The highest BCUT2D eigenvalue weighted by Crippen LogP contribution is 2.71. The Labute approximate surface area is 126 Å². The van der Waals surface area contributed by atoms with E-state index in [0.717, 1.165) is 12.3 Å². The lowest BCUT2D eigenvalue weighted by Crippen LogP contribution is -2.26. The Kier molecular flexibility index (Phi) is 2.75. The zero-order chi connectivity index (χ0) is 14.7. The zero-order valence-electron chi connectivity index (χ0n) is 12.6. The molecule has 2 heteroatoms. The van der Waals surface area contributed by atoms with Gasteiger partial charge in [0.2, 0.25) is 0 Å². The first-order valence-corrected chi connectivity index (χ1v) is 10.2. The molecule has 21 heavy (non-hydrogen) atoms. The summed E-state index contributed by atoms with van der Waals surface area (Å²) in [5.41, 5.74) is 4.37. The van der Waals surface area contributed by atoms with Crippen LogP contribution in [0.2, 0.25) is 0 Å². The second-order valence-corrected chi connectivity index (χ2v) is 10.4. The van der Waals surface area contributed by atoms with Crippen molar-refractivity contribution in [3.05, 3.63) is 71.3 Å². The van der Waals surface area contributed by atoms with Gasteiger partial charge in [0.05, 0.1) is 7.14 Å². The van der Waals surface area contributed by atoms with Gasteiger partial charge in [0.25, 0.3) is 0 Å². The third-order valence-electron chi connectivity index (χ3n) is 5.51. The molecule has 0 N–H and O–H groups in total. The molecule has 0 saturated carbocycles. The molecule has 4 atom stereocenters. The zero-order valence-corrected chi connectivity index (χ0v) is 13.5. The molecule has 0 radical (unpaired) electrons. The summed E-state index contributed by atoms with van der Waals surface area (Å²) in [5, 5.41) is 0. The van der Waals surface area contributed by atoms with Crippen LogP contribution in [0, 0.1) is 5.41 Å². The summed E-state index contributed by atoms with van der Waals surface area (Å²) in [4.78, 5) is 0. The predicted molar refractivity (Wildman–Crippen MR) is 88.8 cm³/mol. The summed E-state index contributed by atoms with van der Waals surface area (Å²) in [5.74, 6) is 0.838. The average Bonchev–Trinajstić information content (AvgIpc) is 2.83. The first kappa shape index (κ1) is 13.3. The van der Waals surface area contributed by atoms with Crippen molar-refractivity contribution in [3.8, 4) is 0 Å². The van der Waals surface area contributed by atoms with Crippen molar-refractivity contribution in [3.63, 3.8) is 0 Å². The van der Waals surface area contributed by atoms with Crippen LogP contribution < -0.4 is 0 Å². The van der Waals surface area contributed by atoms with Crippen LogP contribution >= 0.6 is 7.14 Å². The van der Waals surface area contributed by atoms with E-state index in [2.05, 4.69) is 61.5 Å². The van der Waals surface area contributed by atoms with Gasteiger partial charge < -0.3 is 4.57 Å². The molecule has 0 spiro atoms. The maximum absolute atomic E-state index is 12.8. The van der Waals surface area contributed by atoms with Gasteiger partial charge in [-0.15, -0.1) is 0 Å². The van der Waals surface area contributed by atoms with E-state index in [0.29, 0.717) is 11.8 Å². The van der Waals surface area contributed by atoms with Crippen molar-refractivity contribution >= 4 is 7.14 Å². The fourth-order valence-corrected chi connectivity index (χ4v) is 8.25. The number of benzene rings is 2. The highest BCUT2D eigenvalue weighted by Gasteiger charge is 2.57. The molecule has 108 valence electrons. The molecule has 2 aliphatic rings. The quantitative estimate of drug-likeness (QED) is 0.682. The second-order valence-electron chi connectivity index (χ2n) is 7.17. The number of hydrogen-bond donors (Lipinski definition) is 0. The van der Waals surface area contributed by atoms with E-state index in [1.807, 2.05) is 6.66 Å². The van der Waals surface area contributed by atoms with E-state index in [4.69, 9.17) is 0 Å². The maximum Gasteiger partial charge on any atom is 0.0860 e. The van der Waals surface area contributed by atoms with Crippen molar-refractivity contribution in [2.45, 2.75) is 18.8 Å². The Morgan fingerprint density at radius 3 is 2.33 bits per heavy atom. The minimum atomic E-state index is -2.00. The van der Waals surface area contributed by atoms with E-state index in [1.54, 1.807) is 0 Å². The Morgan fingerprint density at radius 1 is 1.00 bits per heavy atom. The lowest BCUT2D eigenvalue weighted by atomic mass is 9.71. The standard InChI is InChI=1S/C19H21OP/c1-19-13-21(2,20)12-17(19)15-10-6-7-11-16(15)18(19)14-8-4-3-5-9-14/h3-11,17-18H,12-13H2,1-2H3/t17-,18-,19-,21?/m0/s1. The summed E-state index contributed by atoms with van der Waals surface area (Å²) in [6.07, 6.45) is 1.75. The molecule has 0 amide bonds. The SMILES string of the molecule is C[C@]12CP(C)(=O)C[C@H]1c1ccccc1[C@@H]2c1ccccc1. The Hall–Kier alpha value is -1.33. The van der Waals surface area contributed by atoms with Gasteiger partial charge in [-0.25, -0.2) is 0 Å². The third-order valence-corrected chi connectivity index (χ3v) is 8.00. The van der Waals surface area contributed by atoms with Crippen LogP contribution in [0.3, 0.4) is 0 Å². The van der Waals surface area contributed by atoms with Crippen LogP contribution in [-0.4, -0.2) is 19.0 Å². The lowest BCUT2D eigenvalue weighted by molar-refractivity contribution is 0.318. The fraction of sp³-hybridized carbons (Fsp3) is 0.368. The number of hydrogen-bond acceptors (Lipinski definition) is 1. The van der Waals surface area contributed by atoms with Crippen LogP contribution in [0.5, 0.6) is 0 Å². The van der Waals surface area contributed by atoms with Gasteiger partial charge in [-0.2, -0.15) is 0 Å². The second kappa shape index (κ2) is 4.34. The monoisotopic (exact) mass is 296 g/mol. The Bertz CT molecular complexity index is 736. The summed E-state index contributed by atoms with van der Waals surface area (Å²) >= 11 is 0. The van der Waals surface area contributed by atoms with Crippen molar-refractivity contribution in [2.75, 3.05) is 19.0 Å². The molecule has 0 bridgehead atoms. The molecular weight excluding hydrogens is 275 g/mol. The highest BCUT2D eigenvalue weighted by molar-refractivity contribution is 7.63. The summed E-state index contributed by atoms with van der Waals surface area (Å²) < 4.78 is 12.8. The third kappa shape index (κ3) is 1.87. The molecule has 1 unspecified atom stereocenters. The van der Waals surface area contributed by atoms with Crippen LogP contribution in [0.15, 0.2) is 54.6 Å². The molecule has 4 rings (SSSR count). The molecule has 1 saturated heterocycles. The average molecular weight is 296 g/mol. The first-order valence-electron chi connectivity index (χ1n) is 7.71. The highest BCUT2D eigenvalue weighted by atomic mass is 31.2. The van der Waals surface area contributed by atoms with Crippen molar-refractivity contribution < 1.29 is 4.57 Å². The smallest absolute Gasteiger partial charge is 0.0860 e. The number of fused-ring (bicyclic) bond motifs is 3. The van der Waals surface area contributed by atoms with Gasteiger partial charge in [-0.1, -0.05) is 61.5 Å². The van der Waals surface area contributed by atoms with Gasteiger partial charge in [-0.3, -0.25) is 0 Å². The summed E-state index contributed by atoms with van der Waals surface area (Å²) in [6.45, 7) is 4.36. The first-order chi connectivity index (χ1) is 10.0. The van der Waals surface area contributed by atoms with Crippen LogP contribution in [-0.2, 0) is 4.57 Å². The van der Waals surface area contributed by atoms with E-state index in [-0.39, 0.29) is 5.41 Å². The molecule has 1 aliphatic carbocycles. The molecule has 2 aromatic rings. The van der Waals surface area contributed by atoms with Gasteiger partial charge in [0.1, 0.15) is 0 Å². The molecule has 2 aromatic carbocycles. The predicted octanol–water partition coefficient (Wildman–Crippen LogP) is 4.93. The van der Waals surface area contributed by atoms with Crippen molar-refractivity contribution in [1.29, 1.82) is 0 Å². The van der Waals surface area contributed by atoms with Gasteiger partial charge >= 0.3 is 0 Å². The topological polar surface area (TPSA) is 17.1 Å². The molecular formula is C19H21OP. The molecule has 1 fully saturated rings. The minimum absolute atomic E-state index is 0.106. The summed E-state index contributed by atoms with van der Waals surface area (Å²) in [7, 11) is -2.00. The fourth-order valence-electron chi connectivity index (χ4n) is 4.89. The molecule has 1 aliphatic heterocycles. The van der Waals surface area contributed by atoms with E-state index in [1.165, 1.54) is 16.7 Å². The van der Waals surface area contributed by atoms with Gasteiger partial charge in [-0.05, 0) is 34.7 Å². The molecule has 1 nitrogen and oxygen atoms in total. The van der Waals surface area contributed by atoms with Gasteiger partial charge in [0, 0.05) is 18.2 Å². The van der Waals surface area contributed by atoms with Crippen LogP contribution in [0.4, 0.5) is 0 Å². The van der Waals surface area contributed by atoms with Crippen LogP contribution in [0.1, 0.15) is 35.4 Å². The lowest BCUT2D eigenvalue weighted by Gasteiger charge is -2.32.